The van der Waals surface area contributed by atoms with Crippen LogP contribution in [0.25, 0.3) is 11.1 Å². The van der Waals surface area contributed by atoms with E-state index in [1.54, 1.807) is 0 Å². The zero-order chi connectivity index (χ0) is 20.5. The van der Waals surface area contributed by atoms with Crippen molar-refractivity contribution in [1.29, 1.82) is 0 Å². The molecule has 1 aliphatic rings. The van der Waals surface area contributed by atoms with Crippen molar-refractivity contribution in [3.8, 4) is 11.1 Å². The van der Waals surface area contributed by atoms with Crippen LogP contribution in [-0.4, -0.2) is 23.8 Å². The summed E-state index contributed by atoms with van der Waals surface area (Å²) in [4.78, 5) is 23.8. The van der Waals surface area contributed by atoms with Crippen molar-refractivity contribution in [2.45, 2.75) is 12.8 Å². The van der Waals surface area contributed by atoms with E-state index in [2.05, 4.69) is 5.32 Å². The number of nitrogens with one attached hydrogen (secondary N) is 1. The molecular formula is C23H18FNO4. The number of aromatic carboxylic acids is 1. The van der Waals surface area contributed by atoms with Gasteiger partial charge in [-0.1, -0.05) is 48.5 Å². The van der Waals surface area contributed by atoms with Crippen LogP contribution in [0.15, 0.2) is 60.7 Å². The molecule has 0 radical (unpaired) electrons. The average Bonchev–Trinajstić information content (AvgIpc) is 3.03. The molecular weight excluding hydrogens is 373 g/mol. The van der Waals surface area contributed by atoms with Gasteiger partial charge in [0, 0.05) is 11.5 Å². The Morgan fingerprint density at radius 1 is 1.00 bits per heavy atom. The number of fused-ring (bicyclic) bond motifs is 3. The Kier molecular flexibility index (Phi) is 4.76. The lowest BCUT2D eigenvalue weighted by Crippen LogP contribution is -2.20. The molecule has 0 aliphatic heterocycles. The van der Waals surface area contributed by atoms with E-state index in [1.807, 2.05) is 48.5 Å². The van der Waals surface area contributed by atoms with Crippen LogP contribution in [0.5, 0.6) is 0 Å². The van der Waals surface area contributed by atoms with Gasteiger partial charge in [0.1, 0.15) is 12.4 Å². The molecule has 0 spiro atoms. The first-order valence-electron chi connectivity index (χ1n) is 9.11. The molecule has 1 aliphatic carbocycles. The van der Waals surface area contributed by atoms with Crippen molar-refractivity contribution in [1.82, 2.24) is 0 Å². The van der Waals surface area contributed by atoms with Crippen molar-refractivity contribution in [3.05, 3.63) is 88.7 Å². The average molecular weight is 391 g/mol. The van der Waals surface area contributed by atoms with Crippen molar-refractivity contribution in [2.24, 2.45) is 0 Å². The Hall–Kier alpha value is -3.67. The third kappa shape index (κ3) is 3.33. The molecule has 0 aromatic heterocycles. The molecule has 29 heavy (non-hydrogen) atoms. The molecule has 1 amide bonds. The van der Waals surface area contributed by atoms with E-state index in [9.17, 15) is 19.1 Å². The molecule has 5 nitrogen and oxygen atoms in total. The quantitative estimate of drug-likeness (QED) is 0.641. The molecule has 4 rings (SSSR count). The molecule has 6 heteroatoms. The molecule has 0 unspecified atom stereocenters. The van der Waals surface area contributed by atoms with Crippen molar-refractivity contribution >= 4 is 17.7 Å². The molecule has 0 atom stereocenters. The normalized spacial score (nSPS) is 12.2. The summed E-state index contributed by atoms with van der Waals surface area (Å²) in [6.45, 7) is 1.45. The highest BCUT2D eigenvalue weighted by atomic mass is 19.1. The summed E-state index contributed by atoms with van der Waals surface area (Å²) in [6, 6.07) is 18.2. The maximum Gasteiger partial charge on any atom is 0.411 e. The maximum absolute atomic E-state index is 13.7. The Bertz CT molecular complexity index is 1080. The van der Waals surface area contributed by atoms with Gasteiger partial charge in [-0.05, 0) is 41.3 Å². The maximum atomic E-state index is 13.7. The number of hydrogen-bond acceptors (Lipinski definition) is 3. The number of rotatable bonds is 4. The van der Waals surface area contributed by atoms with Crippen LogP contribution in [-0.2, 0) is 4.74 Å². The topological polar surface area (TPSA) is 75.6 Å². The Morgan fingerprint density at radius 3 is 2.17 bits per heavy atom. The van der Waals surface area contributed by atoms with Crippen LogP contribution in [0, 0.1) is 12.7 Å². The van der Waals surface area contributed by atoms with Gasteiger partial charge in [-0.25, -0.2) is 14.0 Å². The van der Waals surface area contributed by atoms with Gasteiger partial charge in [0.15, 0.2) is 0 Å². The fourth-order valence-corrected chi connectivity index (χ4v) is 3.81. The van der Waals surface area contributed by atoms with E-state index in [4.69, 9.17) is 4.74 Å². The zero-order valence-electron chi connectivity index (χ0n) is 15.6. The summed E-state index contributed by atoms with van der Waals surface area (Å²) >= 11 is 0. The first kappa shape index (κ1) is 18.7. The monoisotopic (exact) mass is 391 g/mol. The first-order chi connectivity index (χ1) is 14.0. The third-order valence-electron chi connectivity index (χ3n) is 5.19. The SMILES string of the molecule is Cc1c(F)ccc(NC(=O)OCC2c3ccccc3-c3ccccc32)c1C(=O)O. The Labute approximate surface area is 166 Å². The van der Waals surface area contributed by atoms with Crippen LogP contribution in [0.4, 0.5) is 14.9 Å². The number of carboxylic acid groups (broad SMARTS) is 1. The number of carbonyl (C=O) groups excluding carboxylic acids is 1. The van der Waals surface area contributed by atoms with Crippen molar-refractivity contribution in [2.75, 3.05) is 11.9 Å². The Morgan fingerprint density at radius 2 is 1.59 bits per heavy atom. The minimum Gasteiger partial charge on any atom is -0.478 e. The number of ether oxygens (including phenoxy) is 1. The number of carbonyl (C=O) groups is 2. The molecule has 3 aromatic rings. The number of amides is 1. The summed E-state index contributed by atoms with van der Waals surface area (Å²) in [6.07, 6.45) is -0.791. The Balaban J connectivity index is 1.53. The summed E-state index contributed by atoms with van der Waals surface area (Å²) in [5, 5.41) is 11.8. The highest BCUT2D eigenvalue weighted by Crippen LogP contribution is 2.44. The summed E-state index contributed by atoms with van der Waals surface area (Å²) < 4.78 is 19.1. The lowest BCUT2D eigenvalue weighted by molar-refractivity contribution is 0.0696. The van der Waals surface area contributed by atoms with E-state index in [0.717, 1.165) is 28.3 Å². The zero-order valence-corrected chi connectivity index (χ0v) is 15.6. The van der Waals surface area contributed by atoms with Crippen LogP contribution >= 0.6 is 0 Å². The minimum absolute atomic E-state index is 0.00591. The summed E-state index contributed by atoms with van der Waals surface area (Å²) in [5.41, 5.74) is 4.02. The van der Waals surface area contributed by atoms with Gasteiger partial charge < -0.3 is 9.84 Å². The predicted molar refractivity (Wildman–Crippen MR) is 107 cm³/mol. The number of hydrogen-bond donors (Lipinski definition) is 2. The van der Waals surface area contributed by atoms with Crippen LogP contribution in [0.3, 0.4) is 0 Å². The molecule has 2 N–H and O–H groups in total. The lowest BCUT2D eigenvalue weighted by atomic mass is 9.98. The van der Waals surface area contributed by atoms with Crippen molar-refractivity contribution < 1.29 is 23.8 Å². The second-order valence-corrected chi connectivity index (χ2v) is 6.85. The third-order valence-corrected chi connectivity index (χ3v) is 5.19. The summed E-state index contributed by atoms with van der Waals surface area (Å²) in [7, 11) is 0. The van der Waals surface area contributed by atoms with Crippen molar-refractivity contribution in [3.63, 3.8) is 0 Å². The fourth-order valence-electron chi connectivity index (χ4n) is 3.81. The molecule has 0 saturated carbocycles. The van der Waals surface area contributed by atoms with E-state index in [0.29, 0.717) is 0 Å². The van der Waals surface area contributed by atoms with E-state index in [1.165, 1.54) is 13.0 Å². The molecule has 3 aromatic carbocycles. The standard InChI is InChI=1S/C23H18FNO4/c1-13-19(24)10-11-20(21(13)22(26)27)25-23(28)29-12-18-16-8-4-2-6-14(16)15-7-3-5-9-17(15)18/h2-11,18H,12H2,1H3,(H,25,28)(H,26,27). The highest BCUT2D eigenvalue weighted by molar-refractivity contribution is 6.00. The highest BCUT2D eigenvalue weighted by Gasteiger charge is 2.29. The smallest absolute Gasteiger partial charge is 0.411 e. The molecule has 0 heterocycles. The molecule has 0 bridgehead atoms. The van der Waals surface area contributed by atoms with Gasteiger partial charge in [-0.3, -0.25) is 5.32 Å². The first-order valence-corrected chi connectivity index (χ1v) is 9.11. The van der Waals surface area contributed by atoms with Gasteiger partial charge in [0.05, 0.1) is 11.3 Å². The largest absolute Gasteiger partial charge is 0.478 e. The van der Waals surface area contributed by atoms with Crippen LogP contribution < -0.4 is 5.32 Å². The fraction of sp³-hybridized carbons (Fsp3) is 0.130. The second kappa shape index (κ2) is 7.39. The summed E-state index contributed by atoms with van der Waals surface area (Å²) in [5.74, 6) is -2.08. The van der Waals surface area contributed by atoms with Crippen LogP contribution in [0.2, 0.25) is 0 Å². The van der Waals surface area contributed by atoms with E-state index < -0.39 is 17.9 Å². The second-order valence-electron chi connectivity index (χ2n) is 6.85. The molecule has 146 valence electrons. The number of halogens is 1. The van der Waals surface area contributed by atoms with E-state index in [-0.39, 0.29) is 29.3 Å². The number of anilines is 1. The van der Waals surface area contributed by atoms with Gasteiger partial charge in [0.25, 0.3) is 0 Å². The van der Waals surface area contributed by atoms with Crippen LogP contribution in [0.1, 0.15) is 33.0 Å². The van der Waals surface area contributed by atoms with E-state index >= 15 is 0 Å². The molecule has 0 fully saturated rings. The van der Waals surface area contributed by atoms with Gasteiger partial charge in [-0.15, -0.1) is 0 Å². The molecule has 0 saturated heterocycles. The predicted octanol–water partition coefficient (Wildman–Crippen LogP) is 5.19. The van der Waals surface area contributed by atoms with Gasteiger partial charge >= 0.3 is 12.1 Å². The number of benzene rings is 3. The lowest BCUT2D eigenvalue weighted by Gasteiger charge is -2.15. The number of carboxylic acids is 1. The van der Waals surface area contributed by atoms with Gasteiger partial charge in [-0.2, -0.15) is 0 Å². The minimum atomic E-state index is -1.32. The van der Waals surface area contributed by atoms with Gasteiger partial charge in [0.2, 0.25) is 0 Å².